The van der Waals surface area contributed by atoms with Gasteiger partial charge in [0.15, 0.2) is 0 Å². The van der Waals surface area contributed by atoms with Gasteiger partial charge in [0.2, 0.25) is 0 Å². The largest absolute Gasteiger partial charge is 0.310 e. The SMILES string of the molecule is CC1(C)c2ccccc2-c2cc3c4cc(-c5ccc6c(c5)C(C)(C)c5cc(-c7ccccc7)ccc5N6c5ccccc5)ccc4n(-c4ccccc4)c3cc21. The molecule has 268 valence electrons. The minimum Gasteiger partial charge on any atom is -0.310 e. The predicted octanol–water partition coefficient (Wildman–Crippen LogP) is 14.5. The lowest BCUT2D eigenvalue weighted by Gasteiger charge is -2.42. The number of hydrogen-bond donors (Lipinski definition) is 0. The Morgan fingerprint density at radius 2 is 0.857 bits per heavy atom. The molecule has 0 bridgehead atoms. The van der Waals surface area contributed by atoms with Gasteiger partial charge in [-0.1, -0.05) is 137 Å². The van der Waals surface area contributed by atoms with Crippen molar-refractivity contribution in [3.8, 4) is 39.1 Å². The molecule has 0 N–H and O–H groups in total. The molecule has 0 spiro atoms. The highest BCUT2D eigenvalue weighted by atomic mass is 15.2. The minimum absolute atomic E-state index is 0.0761. The molecular weight excluding hydrogens is 677 g/mol. The number of anilines is 3. The van der Waals surface area contributed by atoms with Crippen LogP contribution in [0, 0.1) is 0 Å². The number of hydrogen-bond acceptors (Lipinski definition) is 1. The molecule has 2 heteroatoms. The smallest absolute Gasteiger partial charge is 0.0544 e. The van der Waals surface area contributed by atoms with Crippen molar-refractivity contribution in [3.05, 3.63) is 204 Å². The number of aromatic nitrogens is 1. The number of nitrogens with zero attached hydrogens (tertiary/aromatic N) is 2. The average molecular weight is 719 g/mol. The third-order valence-corrected chi connectivity index (χ3v) is 12.8. The predicted molar refractivity (Wildman–Crippen MR) is 236 cm³/mol. The number of rotatable bonds is 4. The third kappa shape index (κ3) is 4.69. The molecule has 9 aromatic rings. The van der Waals surface area contributed by atoms with Gasteiger partial charge in [0.05, 0.1) is 22.4 Å². The van der Waals surface area contributed by atoms with Crippen molar-refractivity contribution in [1.29, 1.82) is 0 Å². The van der Waals surface area contributed by atoms with Crippen molar-refractivity contribution in [2.45, 2.75) is 38.5 Å². The quantitative estimate of drug-likeness (QED) is 0.176. The first kappa shape index (κ1) is 32.8. The first-order chi connectivity index (χ1) is 27.3. The lowest BCUT2D eigenvalue weighted by Crippen LogP contribution is -2.30. The summed E-state index contributed by atoms with van der Waals surface area (Å²) in [6.07, 6.45) is 0. The van der Waals surface area contributed by atoms with E-state index in [2.05, 4.69) is 219 Å². The maximum absolute atomic E-state index is 2.47. The molecule has 1 aromatic heterocycles. The number of fused-ring (bicyclic) bond motifs is 8. The van der Waals surface area contributed by atoms with Crippen LogP contribution in [0.3, 0.4) is 0 Å². The van der Waals surface area contributed by atoms with Crippen molar-refractivity contribution in [1.82, 2.24) is 4.57 Å². The second-order valence-corrected chi connectivity index (χ2v) is 16.6. The van der Waals surface area contributed by atoms with E-state index in [1.165, 1.54) is 94.5 Å². The fourth-order valence-electron chi connectivity index (χ4n) is 9.83. The molecule has 1 aliphatic heterocycles. The van der Waals surface area contributed by atoms with Gasteiger partial charge >= 0.3 is 0 Å². The van der Waals surface area contributed by atoms with Gasteiger partial charge in [-0.2, -0.15) is 0 Å². The molecule has 0 atom stereocenters. The van der Waals surface area contributed by atoms with Crippen molar-refractivity contribution >= 4 is 38.9 Å². The Morgan fingerprint density at radius 1 is 0.339 bits per heavy atom. The first-order valence-corrected chi connectivity index (χ1v) is 19.8. The van der Waals surface area contributed by atoms with Crippen molar-refractivity contribution in [2.24, 2.45) is 0 Å². The van der Waals surface area contributed by atoms with Gasteiger partial charge in [0.1, 0.15) is 0 Å². The fourth-order valence-corrected chi connectivity index (χ4v) is 9.83. The van der Waals surface area contributed by atoms with Crippen molar-refractivity contribution < 1.29 is 0 Å². The summed E-state index contributed by atoms with van der Waals surface area (Å²) in [6, 6.07) is 67.5. The highest BCUT2D eigenvalue weighted by Crippen LogP contribution is 2.54. The van der Waals surface area contributed by atoms with Crippen molar-refractivity contribution in [2.75, 3.05) is 4.90 Å². The van der Waals surface area contributed by atoms with Crippen LogP contribution in [0.2, 0.25) is 0 Å². The molecule has 0 unspecified atom stereocenters. The number of para-hydroxylation sites is 2. The molecule has 0 saturated heterocycles. The molecule has 0 saturated carbocycles. The summed E-state index contributed by atoms with van der Waals surface area (Å²) in [7, 11) is 0. The summed E-state index contributed by atoms with van der Waals surface area (Å²) in [5.41, 5.74) is 20.0. The number of benzene rings is 8. The van der Waals surface area contributed by atoms with Gasteiger partial charge < -0.3 is 9.47 Å². The van der Waals surface area contributed by atoms with E-state index in [-0.39, 0.29) is 10.8 Å². The Morgan fingerprint density at radius 3 is 1.54 bits per heavy atom. The van der Waals surface area contributed by atoms with Gasteiger partial charge in [-0.05, 0) is 128 Å². The Balaban J connectivity index is 1.12. The van der Waals surface area contributed by atoms with Crippen LogP contribution in [-0.4, -0.2) is 4.57 Å². The normalized spacial score (nSPS) is 14.7. The van der Waals surface area contributed by atoms with Crippen LogP contribution in [0.5, 0.6) is 0 Å². The Hall–Kier alpha value is -6.64. The topological polar surface area (TPSA) is 8.17 Å². The fraction of sp³-hybridized carbons (Fsp3) is 0.111. The zero-order valence-corrected chi connectivity index (χ0v) is 32.2. The Kier molecular flexibility index (Phi) is 6.98. The van der Waals surface area contributed by atoms with E-state index in [1.54, 1.807) is 0 Å². The Bertz CT molecular complexity index is 3000. The lowest BCUT2D eigenvalue weighted by molar-refractivity contribution is 0.632. The summed E-state index contributed by atoms with van der Waals surface area (Å²) in [6.45, 7) is 9.52. The Labute approximate surface area is 328 Å². The zero-order chi connectivity index (χ0) is 37.8. The van der Waals surface area contributed by atoms with Gasteiger partial charge in [0, 0.05) is 33.0 Å². The minimum atomic E-state index is -0.245. The second-order valence-electron chi connectivity index (χ2n) is 16.6. The van der Waals surface area contributed by atoms with Gasteiger partial charge in [0.25, 0.3) is 0 Å². The van der Waals surface area contributed by atoms with Crippen LogP contribution in [-0.2, 0) is 10.8 Å². The average Bonchev–Trinajstić information content (AvgIpc) is 3.68. The maximum Gasteiger partial charge on any atom is 0.0544 e. The van der Waals surface area contributed by atoms with Crippen LogP contribution >= 0.6 is 0 Å². The standard InChI is InChI=1S/C54H42N2/c1-53(2)45-23-15-14-22-41(45)42-33-44-43-30-36(24-27-49(43)55(52(44)34-46(42)53)39-18-10-6-11-19-39)38-26-29-51-48(32-38)54(3,4)47-31-37(35-16-8-5-9-17-35)25-28-50(47)56(51)40-20-12-7-13-21-40/h5-34H,1-4H3. The molecule has 8 aromatic carbocycles. The van der Waals surface area contributed by atoms with E-state index in [0.717, 1.165) is 5.69 Å². The molecule has 1 aliphatic carbocycles. The third-order valence-electron chi connectivity index (χ3n) is 12.8. The van der Waals surface area contributed by atoms with E-state index < -0.39 is 0 Å². The molecular formula is C54H42N2. The van der Waals surface area contributed by atoms with E-state index in [0.29, 0.717) is 0 Å². The molecule has 2 heterocycles. The summed E-state index contributed by atoms with van der Waals surface area (Å²) in [5, 5.41) is 2.56. The van der Waals surface area contributed by atoms with E-state index >= 15 is 0 Å². The van der Waals surface area contributed by atoms with Crippen LogP contribution in [0.4, 0.5) is 17.1 Å². The van der Waals surface area contributed by atoms with Gasteiger partial charge in [-0.15, -0.1) is 0 Å². The molecule has 0 amide bonds. The molecule has 56 heavy (non-hydrogen) atoms. The lowest BCUT2D eigenvalue weighted by atomic mass is 9.72. The van der Waals surface area contributed by atoms with Gasteiger partial charge in [-0.25, -0.2) is 0 Å². The molecule has 11 rings (SSSR count). The van der Waals surface area contributed by atoms with E-state index in [4.69, 9.17) is 0 Å². The van der Waals surface area contributed by atoms with E-state index in [1.807, 2.05) is 0 Å². The van der Waals surface area contributed by atoms with Crippen molar-refractivity contribution in [3.63, 3.8) is 0 Å². The van der Waals surface area contributed by atoms with Crippen LogP contribution in [0.15, 0.2) is 182 Å². The summed E-state index contributed by atoms with van der Waals surface area (Å²) in [4.78, 5) is 2.45. The first-order valence-electron chi connectivity index (χ1n) is 19.8. The highest BCUT2D eigenvalue weighted by Gasteiger charge is 2.38. The summed E-state index contributed by atoms with van der Waals surface area (Å²) >= 11 is 0. The molecule has 2 nitrogen and oxygen atoms in total. The molecule has 0 radical (unpaired) electrons. The summed E-state index contributed by atoms with van der Waals surface area (Å²) < 4.78 is 2.46. The molecule has 0 fully saturated rings. The van der Waals surface area contributed by atoms with Crippen LogP contribution < -0.4 is 4.90 Å². The second kappa shape index (κ2) is 11.9. The van der Waals surface area contributed by atoms with E-state index in [9.17, 15) is 0 Å². The van der Waals surface area contributed by atoms with Crippen LogP contribution in [0.1, 0.15) is 49.9 Å². The zero-order valence-electron chi connectivity index (χ0n) is 32.2. The summed E-state index contributed by atoms with van der Waals surface area (Å²) in [5.74, 6) is 0. The highest BCUT2D eigenvalue weighted by molar-refractivity contribution is 6.12. The monoisotopic (exact) mass is 718 g/mol. The maximum atomic E-state index is 2.47. The molecule has 2 aliphatic rings. The van der Waals surface area contributed by atoms with Gasteiger partial charge in [-0.3, -0.25) is 0 Å². The van der Waals surface area contributed by atoms with Crippen LogP contribution in [0.25, 0.3) is 60.9 Å².